The van der Waals surface area contributed by atoms with Crippen LogP contribution in [0.1, 0.15) is 40.2 Å². The molecule has 0 saturated heterocycles. The Hall–Kier alpha value is -4.46. The molecule has 1 aromatic heterocycles. The topological polar surface area (TPSA) is 134 Å². The van der Waals surface area contributed by atoms with Crippen LogP contribution in [0.4, 0.5) is 26.6 Å². The summed E-state index contributed by atoms with van der Waals surface area (Å²) in [5, 5.41) is 3.13. The Kier molecular flexibility index (Phi) is 11.3. The first-order valence-electron chi connectivity index (χ1n) is 14.4. The van der Waals surface area contributed by atoms with E-state index in [1.54, 1.807) is 59.1 Å². The van der Waals surface area contributed by atoms with E-state index in [-0.39, 0.29) is 22.8 Å². The molecule has 0 spiro atoms. The van der Waals surface area contributed by atoms with Crippen molar-refractivity contribution in [2.24, 2.45) is 0 Å². The van der Waals surface area contributed by atoms with Crippen molar-refractivity contribution in [3.63, 3.8) is 0 Å². The van der Waals surface area contributed by atoms with Crippen molar-refractivity contribution in [2.45, 2.75) is 57.6 Å². The molecule has 1 unspecified atom stereocenters. The van der Waals surface area contributed by atoms with Gasteiger partial charge in [-0.2, -0.15) is 4.98 Å². The highest BCUT2D eigenvalue weighted by molar-refractivity contribution is 7.92. The number of hydrogen-bond donors (Lipinski definition) is 1. The molecule has 1 atom stereocenters. The normalized spacial score (nSPS) is 12.2. The third-order valence-electron chi connectivity index (χ3n) is 6.55. The second-order valence-electron chi connectivity index (χ2n) is 11.3. The van der Waals surface area contributed by atoms with Crippen LogP contribution in [0.5, 0.6) is 5.75 Å². The molecular formula is C31H41FN6O6S. The average Bonchev–Trinajstić information content (AvgIpc) is 2.97. The fourth-order valence-electron chi connectivity index (χ4n) is 4.11. The van der Waals surface area contributed by atoms with Crippen molar-refractivity contribution in [1.29, 1.82) is 0 Å². The maximum atomic E-state index is 13.6. The molecular weight excluding hydrogens is 603 g/mol. The van der Waals surface area contributed by atoms with E-state index in [9.17, 15) is 22.4 Å². The van der Waals surface area contributed by atoms with E-state index in [0.717, 1.165) is 16.4 Å². The van der Waals surface area contributed by atoms with Gasteiger partial charge in [0.1, 0.15) is 28.9 Å². The van der Waals surface area contributed by atoms with E-state index in [0.29, 0.717) is 30.4 Å². The zero-order valence-electron chi connectivity index (χ0n) is 26.9. The van der Waals surface area contributed by atoms with Gasteiger partial charge < -0.3 is 24.6 Å². The highest BCUT2D eigenvalue weighted by Crippen LogP contribution is 2.31. The van der Waals surface area contributed by atoms with Gasteiger partial charge in [0.2, 0.25) is 5.95 Å². The molecule has 2 aromatic carbocycles. The van der Waals surface area contributed by atoms with Gasteiger partial charge in [0, 0.05) is 40.7 Å². The minimum absolute atomic E-state index is 0.0646. The standard InChI is InChI=1S/C31H41FN6O6S/c1-9-38(10-2)29-33-20-26(37(8)45(41,42)24-17-13-22(32)14-18-24)27(35-29)34-25(28(39)44-31(3,4)5)19-21-11-15-23(16-12-21)43-30(40)36(6)7/h11-18,20,25H,9-10,19H2,1-8H3,(H,33,34,35). The summed E-state index contributed by atoms with van der Waals surface area (Å²) in [4.78, 5) is 37.6. The maximum Gasteiger partial charge on any atom is 0.414 e. The van der Waals surface area contributed by atoms with Crippen molar-refractivity contribution >= 4 is 39.5 Å². The number of ether oxygens (including phenoxy) is 2. The van der Waals surface area contributed by atoms with Crippen LogP contribution in [0, 0.1) is 5.82 Å². The molecule has 12 nitrogen and oxygen atoms in total. The van der Waals surface area contributed by atoms with Gasteiger partial charge in [-0.15, -0.1) is 0 Å². The predicted molar refractivity (Wildman–Crippen MR) is 171 cm³/mol. The van der Waals surface area contributed by atoms with Crippen LogP contribution < -0.4 is 19.3 Å². The number of carbonyl (C=O) groups excluding carboxylic acids is 2. The van der Waals surface area contributed by atoms with E-state index in [4.69, 9.17) is 9.47 Å². The summed E-state index contributed by atoms with van der Waals surface area (Å²) in [6, 6.07) is 10.1. The van der Waals surface area contributed by atoms with Gasteiger partial charge in [-0.3, -0.25) is 4.31 Å². The number of anilines is 3. The Morgan fingerprint density at radius 2 is 1.58 bits per heavy atom. The lowest BCUT2D eigenvalue weighted by molar-refractivity contribution is -0.155. The Bertz CT molecular complexity index is 1570. The number of amides is 1. The van der Waals surface area contributed by atoms with Crippen LogP contribution in [0.25, 0.3) is 0 Å². The molecule has 1 amide bonds. The van der Waals surface area contributed by atoms with Crippen LogP contribution in [0.3, 0.4) is 0 Å². The number of benzene rings is 2. The minimum Gasteiger partial charge on any atom is -0.458 e. The Labute approximate surface area is 264 Å². The molecule has 1 N–H and O–H groups in total. The number of hydrogen-bond acceptors (Lipinski definition) is 10. The number of halogens is 1. The fraction of sp³-hybridized carbons (Fsp3) is 0.419. The van der Waals surface area contributed by atoms with Gasteiger partial charge in [0.15, 0.2) is 5.82 Å². The zero-order valence-corrected chi connectivity index (χ0v) is 27.7. The van der Waals surface area contributed by atoms with Gasteiger partial charge >= 0.3 is 12.1 Å². The molecule has 244 valence electrons. The number of carbonyl (C=O) groups is 2. The van der Waals surface area contributed by atoms with Crippen molar-refractivity contribution in [2.75, 3.05) is 48.8 Å². The molecule has 3 rings (SSSR count). The number of aromatic nitrogens is 2. The summed E-state index contributed by atoms with van der Waals surface area (Å²) in [6.45, 7) is 10.3. The molecule has 0 aliphatic carbocycles. The maximum absolute atomic E-state index is 13.6. The summed E-state index contributed by atoms with van der Waals surface area (Å²) in [6.07, 6.45) is 0.954. The summed E-state index contributed by atoms with van der Waals surface area (Å²) in [5.74, 6) is -0.436. The average molecular weight is 645 g/mol. The second kappa shape index (κ2) is 14.5. The van der Waals surface area contributed by atoms with Crippen LogP contribution in [-0.2, 0) is 26.0 Å². The van der Waals surface area contributed by atoms with Crippen LogP contribution in [0.15, 0.2) is 59.6 Å². The highest BCUT2D eigenvalue weighted by atomic mass is 32.2. The number of nitrogens with zero attached hydrogens (tertiary/aromatic N) is 5. The van der Waals surface area contributed by atoms with Crippen LogP contribution in [0.2, 0.25) is 0 Å². The first-order valence-corrected chi connectivity index (χ1v) is 15.8. The highest BCUT2D eigenvalue weighted by Gasteiger charge is 2.30. The van der Waals surface area contributed by atoms with E-state index in [1.165, 1.54) is 30.3 Å². The van der Waals surface area contributed by atoms with Gasteiger partial charge in [0.05, 0.1) is 11.1 Å². The first-order chi connectivity index (χ1) is 21.0. The van der Waals surface area contributed by atoms with Crippen LogP contribution in [-0.4, -0.2) is 81.2 Å². The minimum atomic E-state index is -4.17. The molecule has 45 heavy (non-hydrogen) atoms. The lowest BCUT2D eigenvalue weighted by atomic mass is 10.1. The molecule has 0 aliphatic heterocycles. The number of sulfonamides is 1. The molecule has 0 aliphatic rings. The van der Waals surface area contributed by atoms with Crippen molar-refractivity contribution < 1.29 is 31.9 Å². The predicted octanol–water partition coefficient (Wildman–Crippen LogP) is 4.71. The first kappa shape index (κ1) is 35.0. The largest absolute Gasteiger partial charge is 0.458 e. The fourth-order valence-corrected chi connectivity index (χ4v) is 5.30. The number of esters is 1. The third-order valence-corrected chi connectivity index (χ3v) is 8.34. The lowest BCUT2D eigenvalue weighted by Crippen LogP contribution is -2.39. The summed E-state index contributed by atoms with van der Waals surface area (Å²) in [5.41, 5.74) is -0.0465. The molecule has 3 aromatic rings. The van der Waals surface area contributed by atoms with E-state index >= 15 is 0 Å². The van der Waals surface area contributed by atoms with E-state index in [1.807, 2.05) is 18.7 Å². The number of nitrogens with one attached hydrogen (secondary N) is 1. The SMILES string of the molecule is CCN(CC)c1ncc(N(C)S(=O)(=O)c2ccc(F)cc2)c(NC(Cc2ccc(OC(=O)N(C)C)cc2)C(=O)OC(C)(C)C)n1. The van der Waals surface area contributed by atoms with Crippen molar-refractivity contribution in [3.05, 3.63) is 66.1 Å². The second-order valence-corrected chi connectivity index (χ2v) is 13.3. The third kappa shape index (κ3) is 9.27. The Balaban J connectivity index is 2.06. The molecule has 0 saturated carbocycles. The van der Waals surface area contributed by atoms with Gasteiger partial charge in [0.25, 0.3) is 10.0 Å². The van der Waals surface area contributed by atoms with Crippen molar-refractivity contribution in [1.82, 2.24) is 14.9 Å². The number of rotatable bonds is 12. The monoisotopic (exact) mass is 644 g/mol. The summed E-state index contributed by atoms with van der Waals surface area (Å²) >= 11 is 0. The van der Waals surface area contributed by atoms with Gasteiger partial charge in [-0.25, -0.2) is 27.4 Å². The quantitative estimate of drug-likeness (QED) is 0.276. The Morgan fingerprint density at radius 1 is 0.978 bits per heavy atom. The molecule has 14 heteroatoms. The zero-order chi connectivity index (χ0) is 33.5. The van der Waals surface area contributed by atoms with E-state index < -0.39 is 39.5 Å². The Morgan fingerprint density at radius 3 is 2.11 bits per heavy atom. The van der Waals surface area contributed by atoms with Crippen LogP contribution >= 0.6 is 0 Å². The van der Waals surface area contributed by atoms with Crippen molar-refractivity contribution in [3.8, 4) is 5.75 Å². The smallest absolute Gasteiger partial charge is 0.414 e. The molecule has 1 heterocycles. The molecule has 0 radical (unpaired) electrons. The lowest BCUT2D eigenvalue weighted by Gasteiger charge is -2.28. The summed E-state index contributed by atoms with van der Waals surface area (Å²) in [7, 11) is 0.306. The van der Waals surface area contributed by atoms with Gasteiger partial charge in [-0.1, -0.05) is 12.1 Å². The molecule has 0 bridgehead atoms. The summed E-state index contributed by atoms with van der Waals surface area (Å²) < 4.78 is 52.7. The van der Waals surface area contributed by atoms with Gasteiger partial charge in [-0.05, 0) is 76.6 Å². The van der Waals surface area contributed by atoms with E-state index in [2.05, 4.69) is 15.3 Å². The molecule has 0 fully saturated rings.